The number of aliphatic hydroxyl groups excluding tert-OH is 1. The van der Waals surface area contributed by atoms with Crippen molar-refractivity contribution in [2.24, 2.45) is 0 Å². The quantitative estimate of drug-likeness (QED) is 0.280. The maximum atomic E-state index is 13.4. The first-order chi connectivity index (χ1) is 17.3. The lowest BCUT2D eigenvalue weighted by molar-refractivity contribution is -0.217. The number of ether oxygens (including phenoxy) is 1. The number of hydrogen-bond donors (Lipinski definition) is 2. The standard InChI is InChI=1S/C27H40NO6PS/c1-6-10-16-27(7-2)26(29)36-24-17-21(19-35(31,33-8-3)34-9-4)23(32-5)18-22(24)25(28(27)30)20-14-12-11-13-15-20/h11-15,17-18,25-26,29-30H,6-10,16,19H2,1-5H3/t25-,26?,27+/m0/s1. The topological polar surface area (TPSA) is 88.5 Å². The molecule has 0 aliphatic carbocycles. The Morgan fingerprint density at radius 1 is 1.08 bits per heavy atom. The summed E-state index contributed by atoms with van der Waals surface area (Å²) in [4.78, 5) is 0.803. The zero-order valence-electron chi connectivity index (χ0n) is 22.0. The number of thioether (sulfide) groups is 1. The molecule has 1 unspecified atom stereocenters. The first kappa shape index (κ1) is 29.2. The highest BCUT2D eigenvalue weighted by Crippen LogP contribution is 2.55. The molecule has 0 aromatic heterocycles. The number of hydroxylamine groups is 2. The van der Waals surface area contributed by atoms with Gasteiger partial charge in [-0.1, -0.05) is 68.8 Å². The summed E-state index contributed by atoms with van der Waals surface area (Å²) in [7, 11) is -1.82. The van der Waals surface area contributed by atoms with Gasteiger partial charge < -0.3 is 24.1 Å². The Kier molecular flexibility index (Phi) is 10.5. The molecule has 1 aliphatic heterocycles. The highest BCUT2D eigenvalue weighted by atomic mass is 32.2. The number of hydrogen-bond acceptors (Lipinski definition) is 8. The molecule has 2 N–H and O–H groups in total. The van der Waals surface area contributed by atoms with Gasteiger partial charge in [0, 0.05) is 10.5 Å². The highest BCUT2D eigenvalue weighted by Gasteiger charge is 2.49. The summed E-state index contributed by atoms with van der Waals surface area (Å²) in [5.41, 5.74) is 0.685. The Labute approximate surface area is 219 Å². The lowest BCUT2D eigenvalue weighted by Crippen LogP contribution is -2.54. The van der Waals surface area contributed by atoms with Crippen LogP contribution < -0.4 is 4.74 Å². The van der Waals surface area contributed by atoms with Gasteiger partial charge in [-0.2, -0.15) is 5.06 Å². The molecule has 7 nitrogen and oxygen atoms in total. The van der Waals surface area contributed by atoms with Crippen LogP contribution in [0.5, 0.6) is 5.75 Å². The minimum atomic E-state index is -3.39. The fourth-order valence-corrected chi connectivity index (χ4v) is 7.98. The predicted octanol–water partition coefficient (Wildman–Crippen LogP) is 7.01. The second kappa shape index (κ2) is 12.9. The Morgan fingerprint density at radius 3 is 2.31 bits per heavy atom. The van der Waals surface area contributed by atoms with E-state index in [1.165, 1.54) is 16.8 Å². The number of rotatable bonds is 12. The number of fused-ring (bicyclic) bond motifs is 1. The van der Waals surface area contributed by atoms with E-state index in [4.69, 9.17) is 13.8 Å². The number of nitrogens with zero attached hydrogens (tertiary/aromatic N) is 1. The van der Waals surface area contributed by atoms with Crippen LogP contribution in [0.25, 0.3) is 0 Å². The fourth-order valence-electron chi connectivity index (χ4n) is 4.90. The summed E-state index contributed by atoms with van der Waals surface area (Å²) >= 11 is 1.33. The molecule has 1 aliphatic rings. The van der Waals surface area contributed by atoms with Crippen molar-refractivity contribution in [2.75, 3.05) is 20.3 Å². The second-order valence-electron chi connectivity index (χ2n) is 9.00. The van der Waals surface area contributed by atoms with Crippen LogP contribution in [0.2, 0.25) is 0 Å². The smallest absolute Gasteiger partial charge is 0.335 e. The van der Waals surface area contributed by atoms with Gasteiger partial charge in [0.25, 0.3) is 0 Å². The summed E-state index contributed by atoms with van der Waals surface area (Å²) in [5, 5.41) is 24.8. The summed E-state index contributed by atoms with van der Waals surface area (Å²) in [6.07, 6.45) is 3.10. The molecule has 1 heterocycles. The number of benzene rings is 2. The van der Waals surface area contributed by atoms with Gasteiger partial charge >= 0.3 is 7.60 Å². The molecular weight excluding hydrogens is 497 g/mol. The van der Waals surface area contributed by atoms with E-state index in [9.17, 15) is 14.9 Å². The van der Waals surface area contributed by atoms with Crippen molar-refractivity contribution in [2.45, 2.75) is 81.5 Å². The zero-order valence-corrected chi connectivity index (χ0v) is 23.7. The van der Waals surface area contributed by atoms with Gasteiger partial charge in [0.15, 0.2) is 0 Å². The predicted molar refractivity (Wildman–Crippen MR) is 144 cm³/mol. The highest BCUT2D eigenvalue weighted by molar-refractivity contribution is 7.99. The van der Waals surface area contributed by atoms with Gasteiger partial charge in [-0.25, -0.2) is 0 Å². The molecule has 3 rings (SSSR count). The minimum Gasteiger partial charge on any atom is -0.496 e. The van der Waals surface area contributed by atoms with Gasteiger partial charge in [0.1, 0.15) is 11.2 Å². The molecule has 0 fully saturated rings. The van der Waals surface area contributed by atoms with E-state index in [1.54, 1.807) is 21.0 Å². The zero-order chi connectivity index (χ0) is 26.3. The van der Waals surface area contributed by atoms with Crippen molar-refractivity contribution in [1.82, 2.24) is 5.06 Å². The SMILES string of the molecule is CCCC[C@]1(CC)C(O)Sc2cc(CP(=O)(OCC)OCC)c(OC)cc2[C@H](c2ccccc2)N1O. The number of methoxy groups -OCH3 is 1. The molecular formula is C27H40NO6PS. The van der Waals surface area contributed by atoms with Crippen molar-refractivity contribution in [3.05, 3.63) is 59.2 Å². The monoisotopic (exact) mass is 537 g/mol. The third kappa shape index (κ3) is 6.02. The molecule has 0 amide bonds. The molecule has 0 saturated carbocycles. The van der Waals surface area contributed by atoms with Crippen LogP contribution in [0.3, 0.4) is 0 Å². The van der Waals surface area contributed by atoms with E-state index in [0.29, 0.717) is 24.2 Å². The van der Waals surface area contributed by atoms with Crippen LogP contribution in [-0.2, 0) is 19.8 Å². The second-order valence-corrected chi connectivity index (χ2v) is 12.2. The first-order valence-corrected chi connectivity index (χ1v) is 15.4. The summed E-state index contributed by atoms with van der Waals surface area (Å²) in [6, 6.07) is 13.1. The van der Waals surface area contributed by atoms with E-state index < -0.39 is 24.6 Å². The third-order valence-corrected chi connectivity index (χ3v) is 10.1. The van der Waals surface area contributed by atoms with Gasteiger partial charge in [-0.05, 0) is 49.9 Å². The Morgan fingerprint density at radius 2 is 1.75 bits per heavy atom. The van der Waals surface area contributed by atoms with Crippen LogP contribution in [0.15, 0.2) is 47.4 Å². The lowest BCUT2D eigenvalue weighted by Gasteiger charge is -2.44. The van der Waals surface area contributed by atoms with Crippen molar-refractivity contribution in [3.63, 3.8) is 0 Å². The Balaban J connectivity index is 2.20. The van der Waals surface area contributed by atoms with Crippen LogP contribution in [-0.4, -0.2) is 46.7 Å². The van der Waals surface area contributed by atoms with Crippen molar-refractivity contribution in [3.8, 4) is 5.75 Å². The normalized spacial score (nSPS) is 22.8. The largest absolute Gasteiger partial charge is 0.496 e. The summed E-state index contributed by atoms with van der Waals surface area (Å²) < 4.78 is 30.2. The molecule has 9 heteroatoms. The van der Waals surface area contributed by atoms with Crippen LogP contribution in [0.4, 0.5) is 0 Å². The molecule has 2 aromatic rings. The van der Waals surface area contributed by atoms with E-state index in [2.05, 4.69) is 6.92 Å². The molecule has 3 atom stereocenters. The average molecular weight is 538 g/mol. The summed E-state index contributed by atoms with van der Waals surface area (Å²) in [6.45, 7) is 8.22. The molecule has 0 saturated heterocycles. The average Bonchev–Trinajstić information content (AvgIpc) is 2.94. The molecule has 0 radical (unpaired) electrons. The summed E-state index contributed by atoms with van der Waals surface area (Å²) in [5.74, 6) is 0.537. The van der Waals surface area contributed by atoms with E-state index in [0.717, 1.165) is 28.9 Å². The van der Waals surface area contributed by atoms with Crippen LogP contribution in [0.1, 0.15) is 76.1 Å². The van der Waals surface area contributed by atoms with Gasteiger partial charge in [0.2, 0.25) is 0 Å². The first-order valence-electron chi connectivity index (χ1n) is 12.8. The van der Waals surface area contributed by atoms with Crippen LogP contribution >= 0.6 is 19.4 Å². The maximum absolute atomic E-state index is 13.4. The van der Waals surface area contributed by atoms with Crippen LogP contribution in [0, 0.1) is 0 Å². The Bertz CT molecular complexity index is 1030. The Hall–Kier alpha value is -1.38. The number of unbranched alkanes of at least 4 members (excludes halogenated alkanes) is 1. The number of aliphatic hydroxyl groups is 1. The van der Waals surface area contributed by atoms with Gasteiger partial charge in [0.05, 0.1) is 38.1 Å². The maximum Gasteiger partial charge on any atom is 0.335 e. The van der Waals surface area contributed by atoms with Gasteiger partial charge in [-0.3, -0.25) is 4.57 Å². The van der Waals surface area contributed by atoms with E-state index in [-0.39, 0.29) is 19.4 Å². The van der Waals surface area contributed by atoms with E-state index in [1.807, 2.05) is 49.4 Å². The third-order valence-electron chi connectivity index (χ3n) is 6.81. The van der Waals surface area contributed by atoms with Crippen molar-refractivity contribution >= 4 is 19.4 Å². The fraction of sp³-hybridized carbons (Fsp3) is 0.556. The minimum absolute atomic E-state index is 0.0510. The van der Waals surface area contributed by atoms with Gasteiger partial charge in [-0.15, -0.1) is 0 Å². The molecule has 200 valence electrons. The van der Waals surface area contributed by atoms with Crippen molar-refractivity contribution < 1.29 is 28.7 Å². The van der Waals surface area contributed by atoms with E-state index >= 15 is 0 Å². The van der Waals surface area contributed by atoms with Crippen molar-refractivity contribution in [1.29, 1.82) is 0 Å². The molecule has 0 bridgehead atoms. The molecule has 0 spiro atoms. The lowest BCUT2D eigenvalue weighted by atomic mass is 9.86. The molecule has 36 heavy (non-hydrogen) atoms. The molecule has 2 aromatic carbocycles.